The molecule has 1 amide bonds. The lowest BCUT2D eigenvalue weighted by Crippen LogP contribution is -2.26. The highest BCUT2D eigenvalue weighted by molar-refractivity contribution is 6.06. The van der Waals surface area contributed by atoms with Gasteiger partial charge in [-0.3, -0.25) is 4.79 Å². The number of carbonyl (C=O) groups is 1. The molecule has 0 bridgehead atoms. The van der Waals surface area contributed by atoms with Crippen molar-refractivity contribution in [3.63, 3.8) is 0 Å². The van der Waals surface area contributed by atoms with Crippen LogP contribution in [0, 0.1) is 5.82 Å². The second kappa shape index (κ2) is 5.61. The van der Waals surface area contributed by atoms with Gasteiger partial charge in [0.15, 0.2) is 0 Å². The Balaban J connectivity index is 2.34. The lowest BCUT2D eigenvalue weighted by molar-refractivity contribution is 0.0992. The highest BCUT2D eigenvalue weighted by atomic mass is 19.1. The molecule has 2 aromatic carbocycles. The maximum absolute atomic E-state index is 13.1. The molecule has 0 aliphatic carbocycles. The molecule has 0 heterocycles. The molecule has 0 spiro atoms. The maximum Gasteiger partial charge on any atom is 0.258 e. The van der Waals surface area contributed by atoms with Gasteiger partial charge < -0.3 is 15.4 Å². The monoisotopic (exact) mass is 274 g/mol. The Labute approximate surface area is 116 Å². The highest BCUT2D eigenvalue weighted by Gasteiger charge is 2.17. The van der Waals surface area contributed by atoms with Gasteiger partial charge in [0.1, 0.15) is 11.6 Å². The Bertz CT molecular complexity index is 644. The number of nitrogen functional groups attached to an aromatic ring is 1. The van der Waals surface area contributed by atoms with Gasteiger partial charge in [-0.2, -0.15) is 0 Å². The first kappa shape index (κ1) is 13.9. The van der Waals surface area contributed by atoms with Gasteiger partial charge in [-0.05, 0) is 30.3 Å². The first-order valence-corrected chi connectivity index (χ1v) is 6.00. The summed E-state index contributed by atoms with van der Waals surface area (Å²) in [6, 6.07) is 11.1. The third kappa shape index (κ3) is 2.56. The molecule has 104 valence electrons. The molecule has 0 radical (unpaired) electrons. The number of rotatable bonds is 3. The fourth-order valence-corrected chi connectivity index (χ4v) is 1.89. The van der Waals surface area contributed by atoms with Crippen LogP contribution in [0.2, 0.25) is 0 Å². The van der Waals surface area contributed by atoms with Crippen LogP contribution in [0.3, 0.4) is 0 Å². The van der Waals surface area contributed by atoms with E-state index < -0.39 is 5.82 Å². The number of benzene rings is 2. The number of hydrogen-bond donors (Lipinski definition) is 1. The van der Waals surface area contributed by atoms with Crippen LogP contribution in [0.1, 0.15) is 10.4 Å². The summed E-state index contributed by atoms with van der Waals surface area (Å²) in [5.41, 5.74) is 6.38. The number of carbonyl (C=O) groups excluding carboxylic acids is 1. The molecule has 0 saturated heterocycles. The van der Waals surface area contributed by atoms with Crippen LogP contribution < -0.4 is 15.4 Å². The highest BCUT2D eigenvalue weighted by Crippen LogP contribution is 2.28. The number of hydrogen-bond acceptors (Lipinski definition) is 3. The first-order chi connectivity index (χ1) is 9.54. The molecule has 4 nitrogen and oxygen atoms in total. The summed E-state index contributed by atoms with van der Waals surface area (Å²) in [4.78, 5) is 13.8. The smallest absolute Gasteiger partial charge is 0.258 e. The minimum absolute atomic E-state index is 0.0516. The number of para-hydroxylation sites is 2. The van der Waals surface area contributed by atoms with Gasteiger partial charge in [0.05, 0.1) is 18.5 Å². The molecule has 0 aliphatic heterocycles. The molecule has 0 saturated carbocycles. The van der Waals surface area contributed by atoms with E-state index in [1.54, 1.807) is 25.2 Å². The van der Waals surface area contributed by atoms with Gasteiger partial charge in [0, 0.05) is 12.6 Å². The summed E-state index contributed by atoms with van der Waals surface area (Å²) in [6.07, 6.45) is 0. The number of halogens is 1. The van der Waals surface area contributed by atoms with Crippen LogP contribution in [0.4, 0.5) is 15.8 Å². The Morgan fingerprint density at radius 1 is 1.25 bits per heavy atom. The lowest BCUT2D eigenvalue weighted by atomic mass is 10.1. The summed E-state index contributed by atoms with van der Waals surface area (Å²) in [6.45, 7) is 0. The molecule has 0 aromatic heterocycles. The zero-order valence-corrected chi connectivity index (χ0v) is 11.3. The van der Waals surface area contributed by atoms with E-state index in [9.17, 15) is 9.18 Å². The van der Waals surface area contributed by atoms with E-state index in [1.807, 2.05) is 6.07 Å². The summed E-state index contributed by atoms with van der Waals surface area (Å²) >= 11 is 0. The van der Waals surface area contributed by atoms with E-state index in [-0.39, 0.29) is 11.6 Å². The third-order valence-electron chi connectivity index (χ3n) is 2.99. The van der Waals surface area contributed by atoms with E-state index in [1.165, 1.54) is 30.2 Å². The van der Waals surface area contributed by atoms with E-state index in [0.717, 1.165) is 0 Å². The van der Waals surface area contributed by atoms with E-state index in [0.29, 0.717) is 17.0 Å². The second-order valence-electron chi connectivity index (χ2n) is 4.27. The van der Waals surface area contributed by atoms with Crippen LogP contribution in [0.5, 0.6) is 5.75 Å². The SMILES string of the molecule is COc1ccccc1N(C)C(=O)c1ccc(F)c(N)c1. The van der Waals surface area contributed by atoms with E-state index >= 15 is 0 Å². The van der Waals surface area contributed by atoms with Crippen molar-refractivity contribution < 1.29 is 13.9 Å². The maximum atomic E-state index is 13.1. The predicted octanol–water partition coefficient (Wildman–Crippen LogP) is 2.69. The molecule has 20 heavy (non-hydrogen) atoms. The Hall–Kier alpha value is -2.56. The average Bonchev–Trinajstić information content (AvgIpc) is 2.48. The van der Waals surface area contributed by atoms with Gasteiger partial charge >= 0.3 is 0 Å². The minimum atomic E-state index is -0.540. The number of amides is 1. The number of methoxy groups -OCH3 is 1. The largest absolute Gasteiger partial charge is 0.495 e. The van der Waals surface area contributed by atoms with Gasteiger partial charge in [-0.1, -0.05) is 12.1 Å². The number of ether oxygens (including phenoxy) is 1. The van der Waals surface area contributed by atoms with Gasteiger partial charge in [-0.25, -0.2) is 4.39 Å². The summed E-state index contributed by atoms with van der Waals surface area (Å²) in [5, 5.41) is 0. The first-order valence-electron chi connectivity index (χ1n) is 6.00. The molecule has 0 fully saturated rings. The summed E-state index contributed by atoms with van der Waals surface area (Å²) in [5.74, 6) is -0.249. The Morgan fingerprint density at radius 2 is 1.95 bits per heavy atom. The minimum Gasteiger partial charge on any atom is -0.495 e. The fourth-order valence-electron chi connectivity index (χ4n) is 1.89. The van der Waals surface area contributed by atoms with Gasteiger partial charge in [-0.15, -0.1) is 0 Å². The topological polar surface area (TPSA) is 55.6 Å². The van der Waals surface area contributed by atoms with Crippen LogP contribution in [0.15, 0.2) is 42.5 Å². The van der Waals surface area contributed by atoms with Crippen molar-refractivity contribution in [1.82, 2.24) is 0 Å². The van der Waals surface area contributed by atoms with Crippen molar-refractivity contribution in [3.05, 3.63) is 53.8 Å². The van der Waals surface area contributed by atoms with E-state index in [2.05, 4.69) is 0 Å². The molecule has 0 unspecified atom stereocenters. The lowest BCUT2D eigenvalue weighted by Gasteiger charge is -2.20. The van der Waals surface area contributed by atoms with Crippen LogP contribution >= 0.6 is 0 Å². The van der Waals surface area contributed by atoms with Crippen LogP contribution in [-0.4, -0.2) is 20.1 Å². The molecule has 5 heteroatoms. The van der Waals surface area contributed by atoms with Crippen molar-refractivity contribution in [2.45, 2.75) is 0 Å². The summed E-state index contributed by atoms with van der Waals surface area (Å²) < 4.78 is 18.4. The van der Waals surface area contributed by atoms with Crippen molar-refractivity contribution >= 4 is 17.3 Å². The molecular formula is C15H15FN2O2. The molecule has 0 aliphatic rings. The van der Waals surface area contributed by atoms with Crippen LogP contribution in [-0.2, 0) is 0 Å². The average molecular weight is 274 g/mol. The molecule has 2 N–H and O–H groups in total. The normalized spacial score (nSPS) is 10.2. The Morgan fingerprint density at radius 3 is 2.60 bits per heavy atom. The standard InChI is InChI=1S/C15H15FN2O2/c1-18(13-5-3-4-6-14(13)20-2)15(19)10-7-8-11(16)12(17)9-10/h3-9H,17H2,1-2H3. The third-order valence-corrected chi connectivity index (χ3v) is 2.99. The quantitative estimate of drug-likeness (QED) is 0.875. The van der Waals surface area contributed by atoms with Crippen molar-refractivity contribution in [2.24, 2.45) is 0 Å². The van der Waals surface area contributed by atoms with Gasteiger partial charge in [0.2, 0.25) is 0 Å². The second-order valence-corrected chi connectivity index (χ2v) is 4.27. The van der Waals surface area contributed by atoms with Crippen LogP contribution in [0.25, 0.3) is 0 Å². The molecule has 0 atom stereocenters. The molecule has 2 rings (SSSR count). The number of nitrogens with zero attached hydrogens (tertiary/aromatic N) is 1. The number of anilines is 2. The van der Waals surface area contributed by atoms with Crippen molar-refractivity contribution in [1.29, 1.82) is 0 Å². The van der Waals surface area contributed by atoms with Gasteiger partial charge in [0.25, 0.3) is 5.91 Å². The van der Waals surface area contributed by atoms with Crippen molar-refractivity contribution in [3.8, 4) is 5.75 Å². The fraction of sp³-hybridized carbons (Fsp3) is 0.133. The number of nitrogens with two attached hydrogens (primary N) is 1. The predicted molar refractivity (Wildman–Crippen MR) is 76.5 cm³/mol. The Kier molecular flexibility index (Phi) is 3.89. The summed E-state index contributed by atoms with van der Waals surface area (Å²) in [7, 11) is 3.16. The zero-order valence-electron chi connectivity index (χ0n) is 11.3. The van der Waals surface area contributed by atoms with E-state index in [4.69, 9.17) is 10.5 Å². The zero-order chi connectivity index (χ0) is 14.7. The van der Waals surface area contributed by atoms with Crippen molar-refractivity contribution in [2.75, 3.05) is 24.8 Å². The molecule has 2 aromatic rings. The molecular weight excluding hydrogens is 259 g/mol.